The molecule has 3 heteroatoms. The van der Waals surface area contributed by atoms with E-state index in [1.165, 1.54) is 41.8 Å². The zero-order valence-electron chi connectivity index (χ0n) is 21.2. The number of halogens is 2. The van der Waals surface area contributed by atoms with Gasteiger partial charge in [0.25, 0.3) is 0 Å². The first-order valence-electron chi connectivity index (χ1n) is 12.8. The summed E-state index contributed by atoms with van der Waals surface area (Å²) in [5, 5.41) is 0. The molecule has 0 unspecified atom stereocenters. The van der Waals surface area contributed by atoms with Gasteiger partial charge < -0.3 is 0 Å². The second-order valence-corrected chi connectivity index (χ2v) is 14.2. The lowest BCUT2D eigenvalue weighted by atomic mass is 10.1. The van der Waals surface area contributed by atoms with Crippen LogP contribution in [0.5, 0.6) is 0 Å². The highest BCUT2D eigenvalue weighted by Gasteiger charge is 2.33. The summed E-state index contributed by atoms with van der Waals surface area (Å²) in [6, 6.07) is 57.3. The lowest BCUT2D eigenvalue weighted by Gasteiger charge is -2.42. The smallest absolute Gasteiger partial charge is 0.0176 e. The molecule has 0 aliphatic heterocycles. The van der Waals surface area contributed by atoms with Gasteiger partial charge in [-0.2, -0.15) is 0 Å². The summed E-state index contributed by atoms with van der Waals surface area (Å²) in [4.78, 5) is 5.21. The molecule has 0 aliphatic rings. The Balaban J connectivity index is 1.59. The monoisotopic (exact) mass is 648 g/mol. The molecule has 0 N–H and O–H groups in total. The van der Waals surface area contributed by atoms with Gasteiger partial charge in [0.2, 0.25) is 0 Å². The van der Waals surface area contributed by atoms with Crippen molar-refractivity contribution >= 4 is 41.9 Å². The van der Waals surface area contributed by atoms with Crippen LogP contribution in [-0.2, 0) is 0 Å². The van der Waals surface area contributed by atoms with E-state index in [2.05, 4.69) is 190 Å². The third-order valence-electron chi connectivity index (χ3n) is 6.96. The summed E-state index contributed by atoms with van der Waals surface area (Å²) < 4.78 is 2.16. The molecule has 0 spiro atoms. The Labute approximate surface area is 249 Å². The van der Waals surface area contributed by atoms with Gasteiger partial charge in [0, 0.05) is 28.5 Å². The minimum atomic E-state index is -1.78. The zero-order chi connectivity index (χ0) is 26.7. The van der Waals surface area contributed by atoms with Crippen LogP contribution >= 0.6 is 41.9 Å². The van der Waals surface area contributed by atoms with Crippen molar-refractivity contribution in [3.63, 3.8) is 0 Å². The highest BCUT2D eigenvalue weighted by atomic mass is 79.9. The topological polar surface area (TPSA) is 0 Å². The van der Waals surface area contributed by atoms with Crippen LogP contribution in [0.15, 0.2) is 186 Å². The maximum Gasteiger partial charge on any atom is 0.0176 e. The van der Waals surface area contributed by atoms with E-state index in [1.807, 2.05) is 0 Å². The van der Waals surface area contributed by atoms with Crippen LogP contribution in [0.2, 0.25) is 0 Å². The summed E-state index contributed by atoms with van der Waals surface area (Å²) >= 11 is 7.33. The highest BCUT2D eigenvalue weighted by molar-refractivity contribution is 9.10. The Morgan fingerprint density at radius 1 is 0.282 bits per heavy atom. The maximum absolute atomic E-state index is 3.66. The van der Waals surface area contributed by atoms with Gasteiger partial charge >= 0.3 is 0 Å². The van der Waals surface area contributed by atoms with Gasteiger partial charge in [-0.25, -0.2) is 0 Å². The quantitative estimate of drug-likeness (QED) is 0.168. The van der Waals surface area contributed by atoms with Crippen LogP contribution in [0, 0.1) is 0 Å². The Hall–Kier alpha value is -3.37. The molecule has 39 heavy (non-hydrogen) atoms. The number of rotatable bonds is 6. The lowest BCUT2D eigenvalue weighted by molar-refractivity contribution is 1.24. The SMILES string of the molecule is Brc1ccc(S(c2ccc(Br)cc2)(c2ccc(-c3ccccc3)cc2)c2ccc(-c3ccccc3)cc2)cc1. The first-order chi connectivity index (χ1) is 19.1. The number of benzene rings is 6. The molecule has 0 saturated carbocycles. The van der Waals surface area contributed by atoms with Crippen molar-refractivity contribution in [2.75, 3.05) is 0 Å². The summed E-state index contributed by atoms with van der Waals surface area (Å²) in [6.07, 6.45) is 0. The second kappa shape index (κ2) is 11.4. The summed E-state index contributed by atoms with van der Waals surface area (Å²) in [7, 11) is -1.78. The molecular formula is C36H26Br2S. The Morgan fingerprint density at radius 3 is 0.846 bits per heavy atom. The largest absolute Gasteiger partial charge is 0.133 e. The van der Waals surface area contributed by atoms with Crippen LogP contribution in [0.1, 0.15) is 0 Å². The standard InChI is InChI=1S/C36H26Br2S/c37-31-15-23-35(24-16-31)39(36-25-17-32(38)18-26-36,33-19-11-29(12-20-33)27-7-3-1-4-8-27)34-21-13-30(14-22-34)28-9-5-2-6-10-28/h1-26H. The fourth-order valence-electron chi connectivity index (χ4n) is 5.06. The Kier molecular flexibility index (Phi) is 7.56. The van der Waals surface area contributed by atoms with E-state index in [-0.39, 0.29) is 0 Å². The van der Waals surface area contributed by atoms with Crippen LogP contribution in [0.25, 0.3) is 22.3 Å². The molecule has 6 rings (SSSR count). The molecule has 0 heterocycles. The summed E-state index contributed by atoms with van der Waals surface area (Å²) in [5.74, 6) is 0. The molecule has 0 radical (unpaired) electrons. The van der Waals surface area contributed by atoms with Crippen molar-refractivity contribution in [3.05, 3.63) is 167 Å². The molecule has 0 saturated heterocycles. The molecule has 6 aromatic rings. The lowest BCUT2D eigenvalue weighted by Crippen LogP contribution is -2.05. The molecule has 0 aliphatic carbocycles. The van der Waals surface area contributed by atoms with Crippen LogP contribution < -0.4 is 0 Å². The van der Waals surface area contributed by atoms with E-state index >= 15 is 0 Å². The van der Waals surface area contributed by atoms with Crippen LogP contribution in [0.3, 0.4) is 0 Å². The van der Waals surface area contributed by atoms with Crippen molar-refractivity contribution in [2.45, 2.75) is 19.6 Å². The Bertz CT molecular complexity index is 1530. The van der Waals surface area contributed by atoms with Crippen molar-refractivity contribution in [3.8, 4) is 22.3 Å². The molecule has 0 nitrogen and oxygen atoms in total. The molecule has 0 atom stereocenters. The molecule has 0 bridgehead atoms. The van der Waals surface area contributed by atoms with Gasteiger partial charge in [0.15, 0.2) is 0 Å². The molecule has 0 amide bonds. The number of hydrogen-bond donors (Lipinski definition) is 0. The fraction of sp³-hybridized carbons (Fsp3) is 0. The first kappa shape index (κ1) is 25.9. The fourth-order valence-corrected chi connectivity index (χ4v) is 9.40. The van der Waals surface area contributed by atoms with E-state index in [9.17, 15) is 0 Å². The van der Waals surface area contributed by atoms with Crippen LogP contribution in [0.4, 0.5) is 0 Å². The minimum Gasteiger partial charge on any atom is -0.133 e. The molecule has 190 valence electrons. The summed E-state index contributed by atoms with van der Waals surface area (Å²) in [5.41, 5.74) is 4.89. The molecule has 6 aromatic carbocycles. The third-order valence-corrected chi connectivity index (χ3v) is 11.9. The molecular weight excluding hydrogens is 624 g/mol. The molecule has 0 fully saturated rings. The van der Waals surface area contributed by atoms with E-state index in [0.29, 0.717) is 0 Å². The third kappa shape index (κ3) is 5.15. The Morgan fingerprint density at radius 2 is 0.538 bits per heavy atom. The predicted octanol–water partition coefficient (Wildman–Crippen LogP) is 11.9. The van der Waals surface area contributed by atoms with E-state index in [0.717, 1.165) is 8.95 Å². The van der Waals surface area contributed by atoms with Gasteiger partial charge in [0.1, 0.15) is 0 Å². The second-order valence-electron chi connectivity index (χ2n) is 9.30. The van der Waals surface area contributed by atoms with Crippen molar-refractivity contribution < 1.29 is 0 Å². The van der Waals surface area contributed by atoms with Crippen LogP contribution in [-0.4, -0.2) is 0 Å². The van der Waals surface area contributed by atoms with Crippen molar-refractivity contribution in [1.29, 1.82) is 0 Å². The zero-order valence-corrected chi connectivity index (χ0v) is 25.2. The number of hydrogen-bond acceptors (Lipinski definition) is 0. The predicted molar refractivity (Wildman–Crippen MR) is 173 cm³/mol. The maximum atomic E-state index is 3.66. The summed E-state index contributed by atoms with van der Waals surface area (Å²) in [6.45, 7) is 0. The van der Waals surface area contributed by atoms with E-state index < -0.39 is 10.0 Å². The average Bonchev–Trinajstić information content (AvgIpc) is 3.01. The highest BCUT2D eigenvalue weighted by Crippen LogP contribution is 2.73. The first-order valence-corrected chi connectivity index (χ1v) is 16.0. The van der Waals surface area contributed by atoms with E-state index in [1.54, 1.807) is 0 Å². The van der Waals surface area contributed by atoms with Crippen molar-refractivity contribution in [1.82, 2.24) is 0 Å². The minimum absolute atomic E-state index is 1.08. The van der Waals surface area contributed by atoms with Gasteiger partial charge in [-0.15, -0.1) is 10.0 Å². The van der Waals surface area contributed by atoms with Crippen molar-refractivity contribution in [2.24, 2.45) is 0 Å². The van der Waals surface area contributed by atoms with Gasteiger partial charge in [-0.1, -0.05) is 117 Å². The van der Waals surface area contributed by atoms with Gasteiger partial charge in [-0.3, -0.25) is 0 Å². The average molecular weight is 650 g/mol. The van der Waals surface area contributed by atoms with E-state index in [4.69, 9.17) is 0 Å². The van der Waals surface area contributed by atoms with Gasteiger partial charge in [0.05, 0.1) is 0 Å². The normalized spacial score (nSPS) is 11.7. The molecule has 0 aromatic heterocycles. The van der Waals surface area contributed by atoms with Gasteiger partial charge in [-0.05, 0) is 95.1 Å².